The molecule has 4 heterocycles. The van der Waals surface area contributed by atoms with Gasteiger partial charge in [-0.1, -0.05) is 152 Å². The molecule has 4 aromatic heterocycles. The van der Waals surface area contributed by atoms with Gasteiger partial charge >= 0.3 is 0 Å². The van der Waals surface area contributed by atoms with Gasteiger partial charge in [0.05, 0.1) is 0 Å². The van der Waals surface area contributed by atoms with Gasteiger partial charge in [-0.15, -0.1) is 0 Å². The predicted molar refractivity (Wildman–Crippen MR) is 272 cm³/mol. The van der Waals surface area contributed by atoms with Crippen LogP contribution in [0.2, 0.25) is 0 Å². The topological polar surface area (TPSA) is 52.6 Å². The lowest BCUT2D eigenvalue weighted by Crippen LogP contribution is -1.93. The van der Waals surface area contributed by atoms with Gasteiger partial charge in [0, 0.05) is 59.8 Å². The Kier molecular flexibility index (Phi) is 7.19. The van der Waals surface area contributed by atoms with Crippen LogP contribution in [-0.2, 0) is 0 Å². The summed E-state index contributed by atoms with van der Waals surface area (Å²) in [5, 5.41) is 13.3. The molecule has 15 aromatic rings. The Morgan fingerprint density at radius 1 is 0.212 bits per heavy atom. The average Bonchev–Trinajstić information content (AvgIpc) is 4.16. The third kappa shape index (κ3) is 4.87. The number of fused-ring (bicyclic) bond motifs is 14. The molecule has 0 spiro atoms. The van der Waals surface area contributed by atoms with E-state index in [1.807, 2.05) is 30.3 Å². The zero-order chi connectivity index (χ0) is 43.0. The minimum absolute atomic E-state index is 0.849. The quantitative estimate of drug-likeness (QED) is 0.166. The largest absolute Gasteiger partial charge is 0.456 e. The molecular weight excluding hydrogens is 809 g/mol. The molecule has 15 rings (SSSR count). The predicted octanol–water partition coefficient (Wildman–Crippen LogP) is 18.3. The van der Waals surface area contributed by atoms with Gasteiger partial charge in [-0.3, -0.25) is 0 Å². The van der Waals surface area contributed by atoms with Gasteiger partial charge in [0.15, 0.2) is 0 Å². The van der Waals surface area contributed by atoms with Crippen molar-refractivity contribution >= 4 is 109 Å². The van der Waals surface area contributed by atoms with Crippen LogP contribution < -0.4 is 0 Å². The normalized spacial score (nSPS) is 12.2. The maximum Gasteiger partial charge on any atom is 0.143 e. The lowest BCUT2D eigenvalue weighted by atomic mass is 9.83. The molecule has 0 saturated carbocycles. The summed E-state index contributed by atoms with van der Waals surface area (Å²) in [4.78, 5) is 0. The Morgan fingerprint density at radius 2 is 0.606 bits per heavy atom. The Balaban J connectivity index is 1.01. The summed E-state index contributed by atoms with van der Waals surface area (Å²) in [6, 6.07) is 73.0. The summed E-state index contributed by atoms with van der Waals surface area (Å²) in [5.41, 5.74) is 15.6. The lowest BCUT2D eigenvalue weighted by molar-refractivity contribution is 0.668. The van der Waals surface area contributed by atoms with E-state index in [0.29, 0.717) is 0 Å². The summed E-state index contributed by atoms with van der Waals surface area (Å²) in [5.74, 6) is 0. The van der Waals surface area contributed by atoms with Crippen molar-refractivity contribution in [3.8, 4) is 44.5 Å². The fourth-order valence-electron chi connectivity index (χ4n) is 11.1. The van der Waals surface area contributed by atoms with Gasteiger partial charge in [-0.25, -0.2) is 0 Å². The maximum atomic E-state index is 7.05. The van der Waals surface area contributed by atoms with Crippen molar-refractivity contribution in [2.45, 2.75) is 0 Å². The lowest BCUT2D eigenvalue weighted by Gasteiger charge is -2.19. The molecule has 0 bridgehead atoms. The Hall–Kier alpha value is -8.86. The van der Waals surface area contributed by atoms with Crippen LogP contribution in [0.25, 0.3) is 154 Å². The van der Waals surface area contributed by atoms with E-state index in [1.54, 1.807) is 0 Å². The smallest absolute Gasteiger partial charge is 0.143 e. The Morgan fingerprint density at radius 3 is 1.24 bits per heavy atom. The van der Waals surface area contributed by atoms with Gasteiger partial charge in [0.25, 0.3) is 0 Å². The molecule has 0 amide bonds. The highest BCUT2D eigenvalue weighted by atomic mass is 16.3. The van der Waals surface area contributed by atoms with E-state index in [9.17, 15) is 0 Å². The molecule has 0 atom stereocenters. The van der Waals surface area contributed by atoms with Gasteiger partial charge in [0.2, 0.25) is 0 Å². The number of hydrogen-bond donors (Lipinski definition) is 0. The van der Waals surface area contributed by atoms with E-state index in [-0.39, 0.29) is 0 Å². The first-order valence-corrected chi connectivity index (χ1v) is 22.4. The third-order valence-corrected chi connectivity index (χ3v) is 13.9. The molecular formula is C62H34O4. The fourth-order valence-corrected chi connectivity index (χ4v) is 11.1. The summed E-state index contributed by atoms with van der Waals surface area (Å²) >= 11 is 0. The molecule has 4 heteroatoms. The summed E-state index contributed by atoms with van der Waals surface area (Å²) < 4.78 is 26.7. The average molecular weight is 843 g/mol. The van der Waals surface area contributed by atoms with E-state index >= 15 is 0 Å². The molecule has 0 radical (unpaired) electrons. The highest BCUT2D eigenvalue weighted by molar-refractivity contribution is 6.29. The summed E-state index contributed by atoms with van der Waals surface area (Å²) in [6.45, 7) is 0. The molecule has 0 fully saturated rings. The Labute approximate surface area is 376 Å². The molecule has 0 aliphatic heterocycles. The van der Waals surface area contributed by atoms with Crippen LogP contribution in [0.5, 0.6) is 0 Å². The first kappa shape index (κ1) is 35.6. The van der Waals surface area contributed by atoms with Crippen molar-refractivity contribution in [3.05, 3.63) is 206 Å². The van der Waals surface area contributed by atoms with E-state index in [1.165, 1.54) is 0 Å². The second-order valence-corrected chi connectivity index (χ2v) is 17.4. The molecule has 306 valence electrons. The molecule has 4 nitrogen and oxygen atoms in total. The number of furan rings is 4. The first-order valence-electron chi connectivity index (χ1n) is 22.4. The standard InChI is InChI=1S/C62H34O4/c1-3-17-41-39(15-1)56(48-32-30-36(61-60(48)47-21-8-12-26-53(47)65-61)35-28-29-38-37-14-5-9-23-50(37)64-55(38)34-35)40-16-2-4-18-42(40)57(41)49-33-31-44(59-46-20-7-11-25-52(46)66-62(49)59)43-22-13-27-54-58(43)45-19-6-10-24-51(45)63-54/h1-34H. The van der Waals surface area contributed by atoms with Crippen molar-refractivity contribution in [1.82, 2.24) is 0 Å². The van der Waals surface area contributed by atoms with Crippen molar-refractivity contribution in [2.24, 2.45) is 0 Å². The van der Waals surface area contributed by atoms with Crippen LogP contribution in [0.4, 0.5) is 0 Å². The third-order valence-electron chi connectivity index (χ3n) is 13.9. The van der Waals surface area contributed by atoms with Crippen molar-refractivity contribution < 1.29 is 17.7 Å². The minimum Gasteiger partial charge on any atom is -0.456 e. The minimum atomic E-state index is 0.849. The zero-order valence-corrected chi connectivity index (χ0v) is 35.3. The zero-order valence-electron chi connectivity index (χ0n) is 35.3. The van der Waals surface area contributed by atoms with E-state index in [4.69, 9.17) is 17.7 Å². The first-order chi connectivity index (χ1) is 32.7. The number of hydrogen-bond acceptors (Lipinski definition) is 4. The molecule has 11 aromatic carbocycles. The molecule has 0 aliphatic carbocycles. The van der Waals surface area contributed by atoms with Crippen molar-refractivity contribution in [2.75, 3.05) is 0 Å². The maximum absolute atomic E-state index is 7.05. The highest BCUT2D eigenvalue weighted by Crippen LogP contribution is 2.52. The molecule has 0 aliphatic rings. The fraction of sp³-hybridized carbons (Fsp3) is 0. The SMILES string of the molecule is c1ccc2c(c1)oc1cc(-c3ccc(-c4c5ccccc5c(-c5ccc(-c6cccc7oc8ccccc8c67)c6c5oc5ccccc56)c5ccccc45)c4c3oc3ccccc34)ccc12. The van der Waals surface area contributed by atoms with Crippen LogP contribution in [-0.4, -0.2) is 0 Å². The van der Waals surface area contributed by atoms with Gasteiger partial charge in [-0.2, -0.15) is 0 Å². The second kappa shape index (κ2) is 13.3. The second-order valence-electron chi connectivity index (χ2n) is 17.4. The monoisotopic (exact) mass is 842 g/mol. The molecule has 66 heavy (non-hydrogen) atoms. The highest BCUT2D eigenvalue weighted by Gasteiger charge is 2.26. The van der Waals surface area contributed by atoms with Crippen LogP contribution in [0, 0.1) is 0 Å². The van der Waals surface area contributed by atoms with E-state index in [0.717, 1.165) is 154 Å². The number of para-hydroxylation sites is 4. The van der Waals surface area contributed by atoms with Crippen molar-refractivity contribution in [1.29, 1.82) is 0 Å². The van der Waals surface area contributed by atoms with Crippen molar-refractivity contribution in [3.63, 3.8) is 0 Å². The van der Waals surface area contributed by atoms with Gasteiger partial charge < -0.3 is 17.7 Å². The molecule has 0 unspecified atom stereocenters. The van der Waals surface area contributed by atoms with Crippen LogP contribution in [0.15, 0.2) is 224 Å². The van der Waals surface area contributed by atoms with Crippen LogP contribution >= 0.6 is 0 Å². The van der Waals surface area contributed by atoms with Crippen LogP contribution in [0.3, 0.4) is 0 Å². The number of benzene rings is 11. The van der Waals surface area contributed by atoms with Crippen LogP contribution in [0.1, 0.15) is 0 Å². The Bertz CT molecular complexity index is 4480. The van der Waals surface area contributed by atoms with E-state index < -0.39 is 0 Å². The number of rotatable bonds is 4. The summed E-state index contributed by atoms with van der Waals surface area (Å²) in [6.07, 6.45) is 0. The van der Waals surface area contributed by atoms with E-state index in [2.05, 4.69) is 176 Å². The molecule has 0 N–H and O–H groups in total. The summed E-state index contributed by atoms with van der Waals surface area (Å²) in [7, 11) is 0. The van der Waals surface area contributed by atoms with Gasteiger partial charge in [0.1, 0.15) is 44.7 Å². The molecule has 0 saturated heterocycles. The van der Waals surface area contributed by atoms with Gasteiger partial charge in [-0.05, 0) is 104 Å².